The molecule has 0 amide bonds. The first-order valence-electron chi connectivity index (χ1n) is 3.69. The van der Waals surface area contributed by atoms with E-state index in [4.69, 9.17) is 23.2 Å². The summed E-state index contributed by atoms with van der Waals surface area (Å²) in [5.41, 5.74) is 5.63. The minimum absolute atomic E-state index is 0.0898. The summed E-state index contributed by atoms with van der Waals surface area (Å²) in [5.74, 6) is 0.492. The van der Waals surface area contributed by atoms with Crippen LogP contribution in [-0.4, -0.2) is 22.1 Å². The van der Waals surface area contributed by atoms with E-state index in [0.717, 1.165) is 0 Å². The minimum Gasteiger partial charge on any atom is -0.310 e. The van der Waals surface area contributed by atoms with E-state index in [2.05, 4.69) is 27.4 Å². The van der Waals surface area contributed by atoms with Crippen molar-refractivity contribution in [3.05, 3.63) is 29.3 Å². The van der Waals surface area contributed by atoms with Crippen LogP contribution in [0, 0.1) is 0 Å². The van der Waals surface area contributed by atoms with Gasteiger partial charge in [0.05, 0.1) is 0 Å². The van der Waals surface area contributed by atoms with Crippen LogP contribution in [0.5, 0.6) is 0 Å². The monoisotopic (exact) mass is 233 g/mol. The van der Waals surface area contributed by atoms with Crippen LogP contribution in [0.2, 0.25) is 10.4 Å². The van der Waals surface area contributed by atoms with E-state index in [1.165, 1.54) is 6.20 Å². The Bertz CT molecular complexity index is 310. The van der Waals surface area contributed by atoms with E-state index in [1.54, 1.807) is 18.2 Å². The maximum Gasteiger partial charge on any atom is 0.225 e. The molecule has 0 saturated carbocycles. The van der Waals surface area contributed by atoms with Gasteiger partial charge >= 0.3 is 0 Å². The van der Waals surface area contributed by atoms with E-state index in [1.807, 2.05) is 0 Å². The summed E-state index contributed by atoms with van der Waals surface area (Å²) in [5, 5.41) is 1.91. The molecule has 1 aromatic heterocycles. The SMILES string of the molecule is C=CNN(C)Nc1cc(Cl)nc(Cl)n1. The number of anilines is 1. The molecule has 1 rings (SSSR count). The molecule has 0 saturated heterocycles. The van der Waals surface area contributed by atoms with Crippen molar-refractivity contribution in [1.29, 1.82) is 0 Å². The first-order chi connectivity index (χ1) is 6.61. The molecule has 7 heteroatoms. The summed E-state index contributed by atoms with van der Waals surface area (Å²) < 4.78 is 0. The van der Waals surface area contributed by atoms with Gasteiger partial charge in [0, 0.05) is 19.3 Å². The third kappa shape index (κ3) is 3.37. The number of nitrogens with zero attached hydrogens (tertiary/aromatic N) is 3. The Balaban J connectivity index is 2.71. The van der Waals surface area contributed by atoms with Gasteiger partial charge in [-0.1, -0.05) is 18.2 Å². The second kappa shape index (κ2) is 4.99. The summed E-state index contributed by atoms with van der Waals surface area (Å²) in [6.07, 6.45) is 1.51. The Labute approximate surface area is 91.7 Å². The lowest BCUT2D eigenvalue weighted by molar-refractivity contribution is 0.336. The van der Waals surface area contributed by atoms with Crippen LogP contribution >= 0.6 is 23.2 Å². The van der Waals surface area contributed by atoms with Crippen molar-refractivity contribution in [2.24, 2.45) is 0 Å². The molecule has 0 aliphatic carbocycles. The smallest absolute Gasteiger partial charge is 0.225 e. The van der Waals surface area contributed by atoms with Crippen molar-refractivity contribution >= 4 is 29.0 Å². The molecule has 0 bridgehead atoms. The molecule has 14 heavy (non-hydrogen) atoms. The molecular formula is C7H9Cl2N5. The molecule has 0 aliphatic rings. The average Bonchev–Trinajstić information content (AvgIpc) is 2.01. The van der Waals surface area contributed by atoms with Crippen molar-refractivity contribution in [3.8, 4) is 0 Å². The second-order valence-electron chi connectivity index (χ2n) is 2.35. The van der Waals surface area contributed by atoms with Crippen LogP contribution < -0.4 is 10.9 Å². The van der Waals surface area contributed by atoms with E-state index >= 15 is 0 Å². The number of halogens is 2. The fourth-order valence-electron chi connectivity index (χ4n) is 0.788. The molecule has 0 fully saturated rings. The Kier molecular flexibility index (Phi) is 3.94. The molecule has 0 aliphatic heterocycles. The van der Waals surface area contributed by atoms with E-state index < -0.39 is 0 Å². The quantitative estimate of drug-likeness (QED) is 0.471. The predicted octanol–water partition coefficient (Wildman–Crippen LogP) is 1.69. The Hall–Kier alpha value is -1.04. The van der Waals surface area contributed by atoms with Crippen LogP contribution in [0.4, 0.5) is 5.82 Å². The number of hydrazine groups is 2. The molecule has 1 heterocycles. The largest absolute Gasteiger partial charge is 0.310 e. The third-order valence-electron chi connectivity index (χ3n) is 1.23. The van der Waals surface area contributed by atoms with E-state index in [-0.39, 0.29) is 10.4 Å². The molecule has 0 spiro atoms. The Morgan fingerprint density at radius 3 is 2.79 bits per heavy atom. The van der Waals surface area contributed by atoms with Gasteiger partial charge in [-0.2, -0.15) is 4.98 Å². The molecule has 0 aromatic carbocycles. The number of hydrogen-bond donors (Lipinski definition) is 2. The number of hydrogen-bond acceptors (Lipinski definition) is 5. The normalized spacial score (nSPS) is 10.0. The highest BCUT2D eigenvalue weighted by Crippen LogP contribution is 2.14. The van der Waals surface area contributed by atoms with Crippen LogP contribution in [-0.2, 0) is 0 Å². The van der Waals surface area contributed by atoms with Crippen LogP contribution in [0.3, 0.4) is 0 Å². The molecule has 0 unspecified atom stereocenters. The molecular weight excluding hydrogens is 225 g/mol. The molecule has 5 nitrogen and oxygen atoms in total. The van der Waals surface area contributed by atoms with Gasteiger partial charge in [-0.05, 0) is 11.6 Å². The molecule has 2 N–H and O–H groups in total. The molecule has 76 valence electrons. The topological polar surface area (TPSA) is 53.1 Å². The zero-order chi connectivity index (χ0) is 10.6. The van der Waals surface area contributed by atoms with Gasteiger partial charge in [0.1, 0.15) is 11.0 Å². The lowest BCUT2D eigenvalue weighted by Gasteiger charge is -2.17. The lowest BCUT2D eigenvalue weighted by atomic mass is 10.6. The summed E-state index contributed by atoms with van der Waals surface area (Å²) in [4.78, 5) is 7.61. The van der Waals surface area contributed by atoms with Crippen molar-refractivity contribution < 1.29 is 0 Å². The summed E-state index contributed by atoms with van der Waals surface area (Å²) >= 11 is 11.3. The average molecular weight is 234 g/mol. The van der Waals surface area contributed by atoms with E-state index in [9.17, 15) is 0 Å². The number of aromatic nitrogens is 2. The van der Waals surface area contributed by atoms with Crippen LogP contribution in [0.1, 0.15) is 0 Å². The maximum absolute atomic E-state index is 5.68. The summed E-state index contributed by atoms with van der Waals surface area (Å²) in [6, 6.07) is 1.55. The fraction of sp³-hybridized carbons (Fsp3) is 0.143. The summed E-state index contributed by atoms with van der Waals surface area (Å²) in [6.45, 7) is 3.50. The summed E-state index contributed by atoms with van der Waals surface area (Å²) in [7, 11) is 1.74. The fourth-order valence-corrected chi connectivity index (χ4v) is 1.20. The maximum atomic E-state index is 5.68. The zero-order valence-corrected chi connectivity index (χ0v) is 8.97. The lowest BCUT2D eigenvalue weighted by Crippen LogP contribution is -2.35. The first-order valence-corrected chi connectivity index (χ1v) is 4.45. The van der Waals surface area contributed by atoms with Gasteiger partial charge in [-0.25, -0.2) is 4.98 Å². The van der Waals surface area contributed by atoms with E-state index in [0.29, 0.717) is 5.82 Å². The molecule has 0 atom stereocenters. The van der Waals surface area contributed by atoms with Crippen molar-refractivity contribution in [1.82, 2.24) is 20.5 Å². The third-order valence-corrected chi connectivity index (χ3v) is 1.60. The van der Waals surface area contributed by atoms with Gasteiger partial charge in [0.2, 0.25) is 5.28 Å². The Morgan fingerprint density at radius 1 is 1.50 bits per heavy atom. The predicted molar refractivity (Wildman–Crippen MR) is 56.8 cm³/mol. The highest BCUT2D eigenvalue weighted by molar-refractivity contribution is 6.32. The van der Waals surface area contributed by atoms with Gasteiger partial charge < -0.3 is 5.43 Å². The Morgan fingerprint density at radius 2 is 2.21 bits per heavy atom. The standard InChI is InChI=1S/C7H9Cl2N5/c1-3-10-14(2)13-6-4-5(8)11-7(9)12-6/h3-4,10H,1H2,2H3,(H,11,12,13). The second-order valence-corrected chi connectivity index (χ2v) is 3.07. The number of rotatable bonds is 4. The van der Waals surface area contributed by atoms with Gasteiger partial charge in [-0.15, -0.1) is 5.12 Å². The number of nitrogens with one attached hydrogen (secondary N) is 2. The molecule has 1 aromatic rings. The van der Waals surface area contributed by atoms with Crippen molar-refractivity contribution in [3.63, 3.8) is 0 Å². The van der Waals surface area contributed by atoms with Gasteiger partial charge in [0.25, 0.3) is 0 Å². The molecule has 0 radical (unpaired) electrons. The first kappa shape index (κ1) is 11.0. The van der Waals surface area contributed by atoms with Crippen LogP contribution in [0.15, 0.2) is 18.8 Å². The zero-order valence-electron chi connectivity index (χ0n) is 7.46. The minimum atomic E-state index is 0.0898. The van der Waals surface area contributed by atoms with Crippen LogP contribution in [0.25, 0.3) is 0 Å². The van der Waals surface area contributed by atoms with Gasteiger partial charge in [-0.3, -0.25) is 5.43 Å². The highest BCUT2D eigenvalue weighted by atomic mass is 35.5. The highest BCUT2D eigenvalue weighted by Gasteiger charge is 2.02. The van der Waals surface area contributed by atoms with Crippen molar-refractivity contribution in [2.75, 3.05) is 12.5 Å². The van der Waals surface area contributed by atoms with Gasteiger partial charge in [0.15, 0.2) is 0 Å². The van der Waals surface area contributed by atoms with Crippen molar-refractivity contribution in [2.45, 2.75) is 0 Å².